The first-order chi connectivity index (χ1) is 12.5. The van der Waals surface area contributed by atoms with Crippen LogP contribution < -0.4 is 10.6 Å². The molecule has 27 heavy (non-hydrogen) atoms. The molecule has 0 unspecified atom stereocenters. The van der Waals surface area contributed by atoms with E-state index in [0.29, 0.717) is 38.6 Å². The molecule has 9 heteroatoms. The third-order valence-corrected chi connectivity index (χ3v) is 7.76. The van der Waals surface area contributed by atoms with E-state index in [1.165, 1.54) is 45.0 Å². The highest BCUT2D eigenvalue weighted by Gasteiger charge is 2.42. The normalized spacial score (nSPS) is 21.8. The van der Waals surface area contributed by atoms with Gasteiger partial charge in [0, 0.05) is 39.6 Å². The Balaban J connectivity index is 0.00000364. The third-order valence-electron chi connectivity index (χ3n) is 5.63. The van der Waals surface area contributed by atoms with Gasteiger partial charge in [-0.2, -0.15) is 0 Å². The third kappa shape index (κ3) is 8.02. The average Bonchev–Trinajstić information content (AvgIpc) is 2.90. The minimum absolute atomic E-state index is 0. The highest BCUT2D eigenvalue weighted by molar-refractivity contribution is 14.0. The van der Waals surface area contributed by atoms with Gasteiger partial charge in [0.25, 0.3) is 0 Å². The molecule has 0 saturated carbocycles. The molecule has 0 bridgehead atoms. The lowest BCUT2D eigenvalue weighted by molar-refractivity contribution is 0.0756. The van der Waals surface area contributed by atoms with Crippen LogP contribution in [0.2, 0.25) is 0 Å². The number of guanidine groups is 1. The van der Waals surface area contributed by atoms with E-state index >= 15 is 0 Å². The Labute approximate surface area is 182 Å². The molecule has 0 aromatic carbocycles. The molecule has 0 aromatic heterocycles. The van der Waals surface area contributed by atoms with Gasteiger partial charge in [0.05, 0.1) is 4.75 Å². The van der Waals surface area contributed by atoms with Crippen molar-refractivity contribution >= 4 is 39.8 Å². The van der Waals surface area contributed by atoms with Gasteiger partial charge in [0.15, 0.2) is 15.8 Å². The summed E-state index contributed by atoms with van der Waals surface area (Å²) in [5.74, 6) is 0.676. The fourth-order valence-corrected chi connectivity index (χ4v) is 5.00. The average molecular weight is 516 g/mol. The first-order valence-electron chi connectivity index (χ1n) is 9.91. The summed E-state index contributed by atoms with van der Waals surface area (Å²) in [7, 11) is -1.44. The summed E-state index contributed by atoms with van der Waals surface area (Å²) < 4.78 is 29.2. The second-order valence-corrected chi connectivity index (χ2v) is 9.94. The van der Waals surface area contributed by atoms with Gasteiger partial charge < -0.3 is 20.3 Å². The van der Waals surface area contributed by atoms with Gasteiger partial charge in [0.1, 0.15) is 0 Å². The lowest BCUT2D eigenvalue weighted by Gasteiger charge is -2.35. The standard InChI is InChI=1S/C18H36N4O3S.HI/c1-19-17(20-10-7-13-22-11-5-3-4-6-12-22)21-16-18(26(2,23)24)8-14-25-15-9-18;/h3-16H2,1-2H3,(H2,19,20,21);1H. The Bertz CT molecular complexity index is 543. The van der Waals surface area contributed by atoms with Crippen molar-refractivity contribution in [2.45, 2.75) is 49.7 Å². The quantitative estimate of drug-likeness (QED) is 0.232. The Kier molecular flexibility index (Phi) is 11.5. The van der Waals surface area contributed by atoms with Crippen LogP contribution in [0.5, 0.6) is 0 Å². The van der Waals surface area contributed by atoms with Crippen molar-refractivity contribution in [2.24, 2.45) is 4.99 Å². The minimum atomic E-state index is -3.17. The maximum absolute atomic E-state index is 12.3. The summed E-state index contributed by atoms with van der Waals surface area (Å²) in [5, 5.41) is 6.54. The molecule has 2 heterocycles. The number of likely N-dealkylation sites (tertiary alicyclic amines) is 1. The zero-order valence-corrected chi connectivity index (χ0v) is 20.0. The molecule has 0 spiro atoms. The zero-order chi connectivity index (χ0) is 18.9. The fourth-order valence-electron chi connectivity index (χ4n) is 3.76. The predicted molar refractivity (Wildman–Crippen MR) is 122 cm³/mol. The highest BCUT2D eigenvalue weighted by Crippen LogP contribution is 2.28. The van der Waals surface area contributed by atoms with Crippen LogP contribution in [0, 0.1) is 0 Å². The molecule has 2 N–H and O–H groups in total. The lowest BCUT2D eigenvalue weighted by Crippen LogP contribution is -2.53. The van der Waals surface area contributed by atoms with Crippen LogP contribution in [0.15, 0.2) is 4.99 Å². The van der Waals surface area contributed by atoms with Crippen molar-refractivity contribution in [1.82, 2.24) is 15.5 Å². The van der Waals surface area contributed by atoms with E-state index in [2.05, 4.69) is 20.5 Å². The summed E-state index contributed by atoms with van der Waals surface area (Å²) >= 11 is 0. The van der Waals surface area contributed by atoms with Crippen molar-refractivity contribution in [3.05, 3.63) is 0 Å². The maximum Gasteiger partial charge on any atom is 0.191 e. The Morgan fingerprint density at radius 1 is 1.11 bits per heavy atom. The van der Waals surface area contributed by atoms with Crippen LogP contribution >= 0.6 is 24.0 Å². The van der Waals surface area contributed by atoms with Crippen LogP contribution in [0.3, 0.4) is 0 Å². The van der Waals surface area contributed by atoms with Crippen LogP contribution in [0.4, 0.5) is 0 Å². The van der Waals surface area contributed by atoms with Crippen molar-refractivity contribution < 1.29 is 13.2 Å². The summed E-state index contributed by atoms with van der Waals surface area (Å²) in [6, 6.07) is 0. The fraction of sp³-hybridized carbons (Fsp3) is 0.944. The molecule has 0 amide bonds. The van der Waals surface area contributed by atoms with Crippen LogP contribution in [0.1, 0.15) is 44.9 Å². The number of sulfone groups is 1. The number of nitrogens with zero attached hydrogens (tertiary/aromatic N) is 2. The van der Waals surface area contributed by atoms with Gasteiger partial charge >= 0.3 is 0 Å². The zero-order valence-electron chi connectivity index (χ0n) is 16.8. The second kappa shape index (κ2) is 12.4. The molecule has 0 aromatic rings. The Morgan fingerprint density at radius 3 is 2.30 bits per heavy atom. The van der Waals surface area contributed by atoms with Crippen molar-refractivity contribution in [2.75, 3.05) is 59.2 Å². The molecule has 0 aliphatic carbocycles. The summed E-state index contributed by atoms with van der Waals surface area (Å²) in [4.78, 5) is 6.79. The smallest absolute Gasteiger partial charge is 0.191 e. The molecule has 2 saturated heterocycles. The molecular formula is C18H37IN4O3S. The molecule has 2 rings (SSSR count). The monoisotopic (exact) mass is 516 g/mol. The number of halogens is 1. The SMILES string of the molecule is CN=C(NCCCN1CCCCCC1)NCC1(S(C)(=O)=O)CCOCC1.I. The molecule has 0 radical (unpaired) electrons. The van der Waals surface area contributed by atoms with Crippen LogP contribution in [-0.2, 0) is 14.6 Å². The van der Waals surface area contributed by atoms with E-state index in [0.717, 1.165) is 19.5 Å². The molecule has 0 atom stereocenters. The van der Waals surface area contributed by atoms with E-state index in [9.17, 15) is 8.42 Å². The molecular weight excluding hydrogens is 479 g/mol. The number of aliphatic imine (C=N–C) groups is 1. The van der Waals surface area contributed by atoms with E-state index in [-0.39, 0.29) is 24.0 Å². The van der Waals surface area contributed by atoms with Crippen molar-refractivity contribution in [3.8, 4) is 0 Å². The summed E-state index contributed by atoms with van der Waals surface area (Å²) in [6.45, 7) is 5.74. The summed E-state index contributed by atoms with van der Waals surface area (Å²) in [6.07, 6.45) is 8.80. The molecule has 7 nitrogen and oxygen atoms in total. The van der Waals surface area contributed by atoms with E-state index in [1.54, 1.807) is 7.05 Å². The molecule has 160 valence electrons. The van der Waals surface area contributed by atoms with Gasteiger partial charge in [-0.1, -0.05) is 12.8 Å². The Morgan fingerprint density at radius 2 is 1.74 bits per heavy atom. The molecule has 2 fully saturated rings. The number of nitrogens with one attached hydrogen (secondary N) is 2. The van der Waals surface area contributed by atoms with E-state index in [4.69, 9.17) is 4.74 Å². The highest BCUT2D eigenvalue weighted by atomic mass is 127. The summed E-state index contributed by atoms with van der Waals surface area (Å²) in [5.41, 5.74) is 0. The largest absolute Gasteiger partial charge is 0.381 e. The van der Waals surface area contributed by atoms with Crippen LogP contribution in [-0.4, -0.2) is 83.3 Å². The number of ether oxygens (including phenoxy) is 1. The first-order valence-corrected chi connectivity index (χ1v) is 11.8. The van der Waals surface area contributed by atoms with Gasteiger partial charge in [0.2, 0.25) is 0 Å². The number of hydrogen-bond donors (Lipinski definition) is 2. The van der Waals surface area contributed by atoms with Gasteiger partial charge in [-0.25, -0.2) is 8.42 Å². The molecule has 2 aliphatic heterocycles. The Hall–Kier alpha value is -0.130. The van der Waals surface area contributed by atoms with Gasteiger partial charge in [-0.05, 0) is 51.7 Å². The topological polar surface area (TPSA) is 83.0 Å². The van der Waals surface area contributed by atoms with Crippen molar-refractivity contribution in [1.29, 1.82) is 0 Å². The van der Waals surface area contributed by atoms with Gasteiger partial charge in [-0.3, -0.25) is 4.99 Å². The first kappa shape index (κ1) is 24.9. The van der Waals surface area contributed by atoms with Crippen LogP contribution in [0.25, 0.3) is 0 Å². The van der Waals surface area contributed by atoms with Crippen molar-refractivity contribution in [3.63, 3.8) is 0 Å². The molecule has 2 aliphatic rings. The van der Waals surface area contributed by atoms with E-state index in [1.807, 2.05) is 0 Å². The lowest BCUT2D eigenvalue weighted by atomic mass is 9.99. The van der Waals surface area contributed by atoms with Gasteiger partial charge in [-0.15, -0.1) is 24.0 Å². The number of hydrogen-bond acceptors (Lipinski definition) is 5. The predicted octanol–water partition coefficient (Wildman–Crippen LogP) is 1.63. The maximum atomic E-state index is 12.3. The van der Waals surface area contributed by atoms with E-state index < -0.39 is 14.6 Å². The number of rotatable bonds is 7. The minimum Gasteiger partial charge on any atom is -0.381 e. The second-order valence-electron chi connectivity index (χ2n) is 7.53.